The van der Waals surface area contributed by atoms with Crippen molar-refractivity contribution >= 4 is 39.1 Å². The summed E-state index contributed by atoms with van der Waals surface area (Å²) in [7, 11) is -3.66. The molecule has 0 radical (unpaired) electrons. The molecule has 40 heavy (non-hydrogen) atoms. The number of aryl methyl sites for hydroxylation is 1. The molecular formula is C30H35ClFN3O4S. The van der Waals surface area contributed by atoms with Crippen LogP contribution in [-0.2, 0) is 32.6 Å². The number of nitrogens with zero attached hydrogens (tertiary/aromatic N) is 2. The van der Waals surface area contributed by atoms with Crippen LogP contribution in [0.5, 0.6) is 0 Å². The van der Waals surface area contributed by atoms with E-state index in [1.807, 2.05) is 30.3 Å². The summed E-state index contributed by atoms with van der Waals surface area (Å²) in [5.74, 6) is -1.01. The molecule has 1 atom stereocenters. The Hall–Kier alpha value is -3.43. The number of hydrogen-bond donors (Lipinski definition) is 1. The van der Waals surface area contributed by atoms with Gasteiger partial charge in [0.1, 0.15) is 11.9 Å². The third-order valence-corrected chi connectivity index (χ3v) is 7.90. The maximum Gasteiger partial charge on any atom is 0.243 e. The minimum absolute atomic E-state index is 0.00246. The van der Waals surface area contributed by atoms with Gasteiger partial charge >= 0.3 is 0 Å². The summed E-state index contributed by atoms with van der Waals surface area (Å²) >= 11 is 6.14. The molecule has 0 aromatic heterocycles. The van der Waals surface area contributed by atoms with E-state index >= 15 is 0 Å². The van der Waals surface area contributed by atoms with Crippen LogP contribution in [0.2, 0.25) is 5.02 Å². The number of likely N-dealkylation sites (N-methyl/N-ethyl adjacent to an activating group) is 1. The van der Waals surface area contributed by atoms with E-state index in [1.54, 1.807) is 44.2 Å². The highest BCUT2D eigenvalue weighted by Gasteiger charge is 2.30. The van der Waals surface area contributed by atoms with E-state index in [9.17, 15) is 22.4 Å². The van der Waals surface area contributed by atoms with E-state index in [2.05, 4.69) is 5.32 Å². The van der Waals surface area contributed by atoms with E-state index in [0.717, 1.165) is 17.4 Å². The lowest BCUT2D eigenvalue weighted by Gasteiger charge is -2.32. The first-order chi connectivity index (χ1) is 19.0. The zero-order chi connectivity index (χ0) is 29.3. The van der Waals surface area contributed by atoms with Crippen LogP contribution in [0.1, 0.15) is 36.5 Å². The number of nitrogens with one attached hydrogen (secondary N) is 1. The van der Waals surface area contributed by atoms with Gasteiger partial charge in [-0.3, -0.25) is 13.9 Å². The lowest BCUT2D eigenvalue weighted by Crippen LogP contribution is -2.50. The number of anilines is 1. The van der Waals surface area contributed by atoms with E-state index in [0.29, 0.717) is 22.8 Å². The molecular weight excluding hydrogens is 553 g/mol. The molecule has 0 unspecified atom stereocenters. The van der Waals surface area contributed by atoms with Crippen molar-refractivity contribution in [2.45, 2.75) is 45.7 Å². The monoisotopic (exact) mass is 587 g/mol. The Kier molecular flexibility index (Phi) is 11.1. The summed E-state index contributed by atoms with van der Waals surface area (Å²) in [6, 6.07) is 19.4. The van der Waals surface area contributed by atoms with Crippen molar-refractivity contribution in [2.75, 3.05) is 23.7 Å². The Labute approximate surface area is 241 Å². The van der Waals surface area contributed by atoms with Crippen LogP contribution in [-0.4, -0.2) is 50.5 Å². The van der Waals surface area contributed by atoms with Gasteiger partial charge in [-0.2, -0.15) is 0 Å². The fourth-order valence-electron chi connectivity index (χ4n) is 4.47. The minimum Gasteiger partial charge on any atom is -0.355 e. The quantitative estimate of drug-likeness (QED) is 0.301. The zero-order valence-corrected chi connectivity index (χ0v) is 24.5. The van der Waals surface area contributed by atoms with Crippen molar-refractivity contribution in [1.82, 2.24) is 10.2 Å². The Bertz CT molecular complexity index is 1400. The van der Waals surface area contributed by atoms with E-state index in [-0.39, 0.29) is 44.2 Å². The number of carbonyl (C=O) groups excluding carboxylic acids is 2. The van der Waals surface area contributed by atoms with E-state index in [1.165, 1.54) is 21.3 Å². The Balaban J connectivity index is 1.87. The molecule has 0 heterocycles. The Morgan fingerprint density at radius 3 is 2.30 bits per heavy atom. The first kappa shape index (κ1) is 31.1. The summed E-state index contributed by atoms with van der Waals surface area (Å²) in [6.07, 6.45) is 1.61. The van der Waals surface area contributed by atoms with Crippen LogP contribution in [0, 0.1) is 12.7 Å². The van der Waals surface area contributed by atoms with Crippen LogP contribution in [0.4, 0.5) is 10.1 Å². The van der Waals surface area contributed by atoms with Crippen LogP contribution in [0.25, 0.3) is 0 Å². The molecule has 0 aliphatic heterocycles. The maximum atomic E-state index is 13.7. The number of rotatable bonds is 13. The normalized spacial score (nSPS) is 12.0. The summed E-state index contributed by atoms with van der Waals surface area (Å²) < 4.78 is 40.1. The number of hydrogen-bond acceptors (Lipinski definition) is 4. The summed E-state index contributed by atoms with van der Waals surface area (Å²) in [5.41, 5.74) is 2.74. The summed E-state index contributed by atoms with van der Waals surface area (Å²) in [6.45, 7) is 4.14. The molecule has 0 aliphatic carbocycles. The fraction of sp³-hybridized carbons (Fsp3) is 0.333. The van der Waals surface area contributed by atoms with Gasteiger partial charge in [0, 0.05) is 37.5 Å². The molecule has 1 N–H and O–H groups in total. The van der Waals surface area contributed by atoms with Gasteiger partial charge in [-0.25, -0.2) is 12.8 Å². The van der Waals surface area contributed by atoms with Gasteiger partial charge in [-0.15, -0.1) is 0 Å². The second-order valence-electron chi connectivity index (χ2n) is 9.62. The predicted octanol–water partition coefficient (Wildman–Crippen LogP) is 5.11. The number of halogens is 2. The van der Waals surface area contributed by atoms with Gasteiger partial charge in [-0.05, 0) is 61.2 Å². The van der Waals surface area contributed by atoms with Crippen LogP contribution in [0.15, 0.2) is 72.8 Å². The van der Waals surface area contributed by atoms with Crippen molar-refractivity contribution in [1.29, 1.82) is 0 Å². The van der Waals surface area contributed by atoms with Gasteiger partial charge in [0.05, 0.1) is 11.9 Å². The highest BCUT2D eigenvalue weighted by Crippen LogP contribution is 2.27. The Morgan fingerprint density at radius 2 is 1.68 bits per heavy atom. The average Bonchev–Trinajstić information content (AvgIpc) is 2.91. The first-order valence-corrected chi connectivity index (χ1v) is 15.3. The second-order valence-corrected chi connectivity index (χ2v) is 12.0. The Morgan fingerprint density at radius 1 is 1.00 bits per heavy atom. The highest BCUT2D eigenvalue weighted by molar-refractivity contribution is 7.92. The SMILES string of the molecule is CCNC(=O)[C@@H](Cc1ccccc1)N(Cc1ccc(F)cc1)C(=O)CCCN(c1cc(Cl)ccc1C)S(C)(=O)=O. The van der Waals surface area contributed by atoms with Gasteiger partial charge in [-0.1, -0.05) is 60.1 Å². The van der Waals surface area contributed by atoms with Crippen molar-refractivity contribution < 1.29 is 22.4 Å². The molecule has 3 rings (SSSR count). The minimum atomic E-state index is -3.66. The third kappa shape index (κ3) is 8.79. The second kappa shape index (κ2) is 14.3. The molecule has 0 saturated heterocycles. The van der Waals surface area contributed by atoms with Crippen LogP contribution in [0.3, 0.4) is 0 Å². The number of carbonyl (C=O) groups is 2. The molecule has 2 amide bonds. The van der Waals surface area contributed by atoms with Crippen molar-refractivity contribution in [3.05, 3.63) is 100 Å². The molecule has 0 fully saturated rings. The molecule has 0 spiro atoms. The topological polar surface area (TPSA) is 86.8 Å². The lowest BCUT2D eigenvalue weighted by molar-refractivity contribution is -0.141. The summed E-state index contributed by atoms with van der Waals surface area (Å²) in [4.78, 5) is 28.5. The molecule has 7 nitrogen and oxygen atoms in total. The average molecular weight is 588 g/mol. The molecule has 3 aromatic rings. The van der Waals surface area contributed by atoms with Crippen molar-refractivity contribution in [3.63, 3.8) is 0 Å². The van der Waals surface area contributed by atoms with Gasteiger partial charge in [0.15, 0.2) is 0 Å². The van der Waals surface area contributed by atoms with Gasteiger partial charge < -0.3 is 10.2 Å². The van der Waals surface area contributed by atoms with Gasteiger partial charge in [0.25, 0.3) is 0 Å². The smallest absolute Gasteiger partial charge is 0.243 e. The molecule has 3 aromatic carbocycles. The number of amides is 2. The van der Waals surface area contributed by atoms with Crippen molar-refractivity contribution in [3.8, 4) is 0 Å². The standard InChI is InChI=1S/C30H35ClFN3O4S/c1-4-33-30(37)28(19-23-9-6-5-7-10-23)34(21-24-13-16-26(32)17-14-24)29(36)11-8-18-35(40(3,38)39)27-20-25(31)15-12-22(27)2/h5-7,9-10,12-17,20,28H,4,8,11,18-19,21H2,1-3H3,(H,33,37)/t28-/m1/s1. The fourth-order valence-corrected chi connectivity index (χ4v) is 5.65. The summed E-state index contributed by atoms with van der Waals surface area (Å²) in [5, 5.41) is 3.23. The molecule has 0 aliphatic rings. The lowest BCUT2D eigenvalue weighted by atomic mass is 10.0. The highest BCUT2D eigenvalue weighted by atomic mass is 35.5. The molecule has 214 valence electrons. The number of sulfonamides is 1. The van der Waals surface area contributed by atoms with Crippen LogP contribution >= 0.6 is 11.6 Å². The molecule has 0 saturated carbocycles. The maximum absolute atomic E-state index is 13.7. The predicted molar refractivity (Wildman–Crippen MR) is 157 cm³/mol. The van der Waals surface area contributed by atoms with Gasteiger partial charge in [0.2, 0.25) is 21.8 Å². The molecule has 10 heteroatoms. The number of benzene rings is 3. The zero-order valence-electron chi connectivity index (χ0n) is 22.9. The largest absolute Gasteiger partial charge is 0.355 e. The van der Waals surface area contributed by atoms with Crippen LogP contribution < -0.4 is 9.62 Å². The van der Waals surface area contributed by atoms with E-state index in [4.69, 9.17) is 11.6 Å². The third-order valence-electron chi connectivity index (χ3n) is 6.48. The first-order valence-electron chi connectivity index (χ1n) is 13.1. The van der Waals surface area contributed by atoms with Crippen molar-refractivity contribution in [2.24, 2.45) is 0 Å². The van der Waals surface area contributed by atoms with E-state index < -0.39 is 21.9 Å². The molecule has 0 bridgehead atoms.